The normalized spacial score (nSPS) is 13.5. The van der Waals surface area contributed by atoms with E-state index in [4.69, 9.17) is 5.11 Å². The van der Waals surface area contributed by atoms with Gasteiger partial charge < -0.3 is 5.11 Å². The lowest BCUT2D eigenvalue weighted by molar-refractivity contribution is 0.281. The molecule has 0 aliphatic heterocycles. The van der Waals surface area contributed by atoms with E-state index in [0.29, 0.717) is 5.56 Å². The highest BCUT2D eigenvalue weighted by molar-refractivity contribution is 7.88. The zero-order valence-corrected chi connectivity index (χ0v) is 13.7. The van der Waals surface area contributed by atoms with E-state index in [1.165, 1.54) is 4.31 Å². The Morgan fingerprint density at radius 2 is 1.95 bits per heavy atom. The fraction of sp³-hybridized carbons (Fsp3) is 0.333. The molecule has 1 unspecified atom stereocenters. The van der Waals surface area contributed by atoms with Crippen LogP contribution in [0.4, 0.5) is 0 Å². The molecule has 0 amide bonds. The Morgan fingerprint density at radius 1 is 1.24 bits per heavy atom. The van der Waals surface area contributed by atoms with Gasteiger partial charge in [0.1, 0.15) is 0 Å². The minimum Gasteiger partial charge on any atom is -0.392 e. The molecule has 2 rings (SSSR count). The standard InChI is InChI=1S/C15H19NO3S2/c1-12(15-7-4-8-20-15)16(2)21(18,19)11-14-6-3-5-13(9-14)10-17/h3-9,12,17H,10-11H2,1-2H3. The molecule has 1 aromatic heterocycles. The summed E-state index contributed by atoms with van der Waals surface area (Å²) in [7, 11) is -1.80. The largest absolute Gasteiger partial charge is 0.392 e. The molecule has 0 spiro atoms. The highest BCUT2D eigenvalue weighted by Crippen LogP contribution is 2.26. The maximum absolute atomic E-state index is 12.5. The first-order valence-electron chi connectivity index (χ1n) is 6.62. The Kier molecular flexibility index (Phi) is 5.16. The van der Waals surface area contributed by atoms with Crippen LogP contribution in [0.3, 0.4) is 0 Å². The second-order valence-corrected chi connectivity index (χ2v) is 7.95. The van der Waals surface area contributed by atoms with Gasteiger partial charge >= 0.3 is 0 Å². The second-order valence-electron chi connectivity index (χ2n) is 4.94. The van der Waals surface area contributed by atoms with Crippen molar-refractivity contribution in [2.24, 2.45) is 0 Å². The molecule has 1 N–H and O–H groups in total. The third-order valence-electron chi connectivity index (χ3n) is 3.46. The van der Waals surface area contributed by atoms with E-state index in [9.17, 15) is 8.42 Å². The summed E-state index contributed by atoms with van der Waals surface area (Å²) in [6.45, 7) is 1.79. The summed E-state index contributed by atoms with van der Waals surface area (Å²) in [6, 6.07) is 10.7. The van der Waals surface area contributed by atoms with E-state index in [1.807, 2.05) is 24.4 Å². The molecule has 21 heavy (non-hydrogen) atoms. The highest BCUT2D eigenvalue weighted by Gasteiger charge is 2.25. The number of sulfonamides is 1. The van der Waals surface area contributed by atoms with Crippen LogP contribution < -0.4 is 0 Å². The molecule has 0 radical (unpaired) electrons. The molecule has 0 bridgehead atoms. The van der Waals surface area contributed by atoms with Crippen molar-refractivity contribution in [3.05, 3.63) is 57.8 Å². The molecule has 114 valence electrons. The van der Waals surface area contributed by atoms with Crippen LogP contribution in [0, 0.1) is 0 Å². The quantitative estimate of drug-likeness (QED) is 0.888. The van der Waals surface area contributed by atoms with Crippen LogP contribution in [0.2, 0.25) is 0 Å². The van der Waals surface area contributed by atoms with E-state index < -0.39 is 10.0 Å². The van der Waals surface area contributed by atoms with Gasteiger partial charge in [0, 0.05) is 11.9 Å². The highest BCUT2D eigenvalue weighted by atomic mass is 32.2. The van der Waals surface area contributed by atoms with Crippen LogP contribution in [0.5, 0.6) is 0 Å². The molecular formula is C15H19NO3S2. The van der Waals surface area contributed by atoms with Gasteiger partial charge in [0.25, 0.3) is 0 Å². The Morgan fingerprint density at radius 3 is 2.57 bits per heavy atom. The summed E-state index contributed by atoms with van der Waals surface area (Å²) in [6.07, 6.45) is 0. The molecule has 1 aromatic carbocycles. The fourth-order valence-corrected chi connectivity index (χ4v) is 4.37. The predicted molar refractivity (Wildman–Crippen MR) is 85.5 cm³/mol. The lowest BCUT2D eigenvalue weighted by atomic mass is 10.1. The molecule has 6 heteroatoms. The topological polar surface area (TPSA) is 57.6 Å². The predicted octanol–water partition coefficient (Wildman–Crippen LogP) is 2.76. The van der Waals surface area contributed by atoms with E-state index in [0.717, 1.165) is 10.4 Å². The average molecular weight is 325 g/mol. The summed E-state index contributed by atoms with van der Waals surface area (Å²) in [5.41, 5.74) is 1.41. The molecule has 4 nitrogen and oxygen atoms in total. The first-order chi connectivity index (χ1) is 9.94. The van der Waals surface area contributed by atoms with Gasteiger partial charge in [-0.15, -0.1) is 11.3 Å². The van der Waals surface area contributed by atoms with Crippen LogP contribution >= 0.6 is 11.3 Å². The third-order valence-corrected chi connectivity index (χ3v) is 6.40. The number of hydrogen-bond acceptors (Lipinski definition) is 4. The van der Waals surface area contributed by atoms with Crippen molar-refractivity contribution in [2.75, 3.05) is 7.05 Å². The molecule has 0 saturated heterocycles. The Hall–Kier alpha value is -1.21. The number of aliphatic hydroxyl groups is 1. The van der Waals surface area contributed by atoms with Gasteiger partial charge in [0.2, 0.25) is 10.0 Å². The van der Waals surface area contributed by atoms with Crippen LogP contribution in [0.25, 0.3) is 0 Å². The van der Waals surface area contributed by atoms with Gasteiger partial charge in [-0.3, -0.25) is 0 Å². The molecule has 0 saturated carbocycles. The maximum atomic E-state index is 12.5. The van der Waals surface area contributed by atoms with Crippen molar-refractivity contribution >= 4 is 21.4 Å². The number of nitrogens with zero attached hydrogens (tertiary/aromatic N) is 1. The van der Waals surface area contributed by atoms with Crippen molar-refractivity contribution in [2.45, 2.75) is 25.3 Å². The molecule has 1 atom stereocenters. The van der Waals surface area contributed by atoms with Crippen LogP contribution in [-0.4, -0.2) is 24.9 Å². The second kappa shape index (κ2) is 6.70. The van der Waals surface area contributed by atoms with Crippen molar-refractivity contribution in [3.63, 3.8) is 0 Å². The fourth-order valence-electron chi connectivity index (χ4n) is 2.08. The van der Waals surface area contributed by atoms with Gasteiger partial charge in [0.15, 0.2) is 0 Å². The minimum atomic E-state index is -3.41. The van der Waals surface area contributed by atoms with E-state index >= 15 is 0 Å². The van der Waals surface area contributed by atoms with Gasteiger partial charge in [-0.2, -0.15) is 4.31 Å². The number of hydrogen-bond donors (Lipinski definition) is 1. The smallest absolute Gasteiger partial charge is 0.218 e. The van der Waals surface area contributed by atoms with Gasteiger partial charge in [-0.1, -0.05) is 30.3 Å². The summed E-state index contributed by atoms with van der Waals surface area (Å²) in [5, 5.41) is 11.1. The van der Waals surface area contributed by atoms with Crippen molar-refractivity contribution in [3.8, 4) is 0 Å². The first-order valence-corrected chi connectivity index (χ1v) is 9.10. The monoisotopic (exact) mass is 325 g/mol. The molecule has 1 heterocycles. The Bertz CT molecular complexity index is 681. The van der Waals surface area contributed by atoms with Gasteiger partial charge in [-0.05, 0) is 29.5 Å². The zero-order valence-electron chi connectivity index (χ0n) is 12.1. The zero-order chi connectivity index (χ0) is 15.5. The summed E-state index contributed by atoms with van der Waals surface area (Å²) >= 11 is 1.55. The average Bonchev–Trinajstić information content (AvgIpc) is 2.99. The van der Waals surface area contributed by atoms with Crippen LogP contribution in [0.15, 0.2) is 41.8 Å². The first kappa shape index (κ1) is 16.2. The van der Waals surface area contributed by atoms with E-state index in [2.05, 4.69) is 0 Å². The Labute approximate surface area is 129 Å². The molecule has 0 aliphatic carbocycles. The van der Waals surface area contributed by atoms with Gasteiger partial charge in [0.05, 0.1) is 18.4 Å². The number of thiophene rings is 1. The third kappa shape index (κ3) is 3.91. The lowest BCUT2D eigenvalue weighted by Gasteiger charge is -2.23. The molecule has 0 aliphatic rings. The van der Waals surface area contributed by atoms with Crippen molar-refractivity contribution in [1.29, 1.82) is 0 Å². The van der Waals surface area contributed by atoms with E-state index in [1.54, 1.807) is 42.6 Å². The number of benzene rings is 1. The summed E-state index contributed by atoms with van der Waals surface area (Å²) < 4.78 is 26.4. The number of rotatable bonds is 6. The van der Waals surface area contributed by atoms with Crippen molar-refractivity contribution < 1.29 is 13.5 Å². The summed E-state index contributed by atoms with van der Waals surface area (Å²) in [5.74, 6) is -0.0624. The summed E-state index contributed by atoms with van der Waals surface area (Å²) in [4.78, 5) is 1.02. The number of aliphatic hydroxyl groups excluding tert-OH is 1. The molecular weight excluding hydrogens is 306 g/mol. The van der Waals surface area contributed by atoms with Crippen molar-refractivity contribution in [1.82, 2.24) is 4.31 Å². The SMILES string of the molecule is CC(c1cccs1)N(C)S(=O)(=O)Cc1cccc(CO)c1. The lowest BCUT2D eigenvalue weighted by Crippen LogP contribution is -2.30. The molecule has 0 fully saturated rings. The van der Waals surface area contributed by atoms with Gasteiger partial charge in [-0.25, -0.2) is 8.42 Å². The van der Waals surface area contributed by atoms with E-state index in [-0.39, 0.29) is 18.4 Å². The van der Waals surface area contributed by atoms with Crippen LogP contribution in [0.1, 0.15) is 29.0 Å². The minimum absolute atomic E-state index is 0.0624. The Balaban J connectivity index is 2.17. The van der Waals surface area contributed by atoms with Crippen LogP contribution in [-0.2, 0) is 22.4 Å². The maximum Gasteiger partial charge on any atom is 0.218 e. The molecule has 2 aromatic rings.